The number of nitrogens with zero attached hydrogens (tertiary/aromatic N) is 2. The Balaban J connectivity index is 1.62. The van der Waals surface area contributed by atoms with Gasteiger partial charge in [-0.25, -0.2) is 4.98 Å². The SMILES string of the molecule is COc1cc(NC(=O)CSc2nc3nc(C)ccc3o2)ccc1Cl. The molecule has 2 heterocycles. The summed E-state index contributed by atoms with van der Waals surface area (Å²) in [6, 6.07) is 8.70. The van der Waals surface area contributed by atoms with Crippen molar-refractivity contribution in [1.82, 2.24) is 9.97 Å². The van der Waals surface area contributed by atoms with E-state index in [-0.39, 0.29) is 11.7 Å². The standard InChI is InChI=1S/C16H14ClN3O3S/c1-9-3-6-12-15(18-9)20-16(23-12)24-8-14(21)19-10-4-5-11(17)13(7-10)22-2/h3-7H,8H2,1-2H3,(H,19,21). The van der Waals surface area contributed by atoms with Crippen LogP contribution in [-0.2, 0) is 4.79 Å². The number of anilines is 1. The van der Waals surface area contributed by atoms with Crippen LogP contribution in [0.2, 0.25) is 5.02 Å². The third-order valence-corrected chi connectivity index (χ3v) is 4.27. The van der Waals surface area contributed by atoms with Crippen LogP contribution in [0.25, 0.3) is 11.2 Å². The van der Waals surface area contributed by atoms with E-state index in [0.29, 0.717) is 32.9 Å². The molecule has 8 heteroatoms. The van der Waals surface area contributed by atoms with Crippen molar-refractivity contribution in [2.45, 2.75) is 12.1 Å². The maximum absolute atomic E-state index is 12.0. The number of thioether (sulfide) groups is 1. The molecule has 0 aliphatic rings. The number of hydrogen-bond donors (Lipinski definition) is 1. The molecule has 0 bridgehead atoms. The molecule has 3 aromatic rings. The minimum Gasteiger partial charge on any atom is -0.495 e. The number of halogens is 1. The average molecular weight is 364 g/mol. The number of aryl methyl sites for hydroxylation is 1. The van der Waals surface area contributed by atoms with E-state index in [0.717, 1.165) is 5.69 Å². The first-order chi connectivity index (χ1) is 11.5. The van der Waals surface area contributed by atoms with Crippen LogP contribution in [0, 0.1) is 6.92 Å². The van der Waals surface area contributed by atoms with E-state index >= 15 is 0 Å². The summed E-state index contributed by atoms with van der Waals surface area (Å²) in [7, 11) is 1.52. The molecule has 0 radical (unpaired) electrons. The van der Waals surface area contributed by atoms with Crippen LogP contribution in [0.1, 0.15) is 5.69 Å². The number of nitrogens with one attached hydrogen (secondary N) is 1. The van der Waals surface area contributed by atoms with E-state index < -0.39 is 0 Å². The lowest BCUT2D eigenvalue weighted by Crippen LogP contribution is -2.14. The van der Waals surface area contributed by atoms with E-state index in [2.05, 4.69) is 15.3 Å². The molecule has 1 aromatic carbocycles. The second-order valence-corrected chi connectivity index (χ2v) is 6.27. The van der Waals surface area contributed by atoms with E-state index in [1.807, 2.05) is 19.1 Å². The fourth-order valence-electron chi connectivity index (χ4n) is 2.02. The highest BCUT2D eigenvalue weighted by atomic mass is 35.5. The third-order valence-electron chi connectivity index (χ3n) is 3.13. The van der Waals surface area contributed by atoms with Crippen molar-refractivity contribution in [1.29, 1.82) is 0 Å². The number of fused-ring (bicyclic) bond motifs is 1. The monoisotopic (exact) mass is 363 g/mol. The van der Waals surface area contributed by atoms with Crippen LogP contribution >= 0.6 is 23.4 Å². The van der Waals surface area contributed by atoms with Gasteiger partial charge >= 0.3 is 0 Å². The molecule has 0 aliphatic carbocycles. The Morgan fingerprint density at radius 2 is 2.17 bits per heavy atom. The fraction of sp³-hybridized carbons (Fsp3) is 0.188. The Morgan fingerprint density at radius 3 is 2.96 bits per heavy atom. The molecule has 0 aliphatic heterocycles. The number of aromatic nitrogens is 2. The summed E-state index contributed by atoms with van der Waals surface area (Å²) in [6.07, 6.45) is 0. The minimum absolute atomic E-state index is 0.163. The van der Waals surface area contributed by atoms with Gasteiger partial charge in [-0.05, 0) is 31.2 Å². The summed E-state index contributed by atoms with van der Waals surface area (Å²) in [6.45, 7) is 1.88. The number of amides is 1. The van der Waals surface area contributed by atoms with Gasteiger partial charge in [-0.1, -0.05) is 23.4 Å². The lowest BCUT2D eigenvalue weighted by molar-refractivity contribution is -0.113. The van der Waals surface area contributed by atoms with Gasteiger partial charge in [0.25, 0.3) is 5.22 Å². The van der Waals surface area contributed by atoms with Gasteiger partial charge < -0.3 is 14.5 Å². The van der Waals surface area contributed by atoms with Crippen LogP contribution in [0.3, 0.4) is 0 Å². The van der Waals surface area contributed by atoms with Crippen LogP contribution in [0.5, 0.6) is 5.75 Å². The molecule has 1 amide bonds. The van der Waals surface area contributed by atoms with Crippen LogP contribution in [0.15, 0.2) is 40.0 Å². The summed E-state index contributed by atoms with van der Waals surface area (Å²) in [5.41, 5.74) is 2.62. The number of benzene rings is 1. The predicted octanol–water partition coefficient (Wildman–Crippen LogP) is 3.92. The Hall–Kier alpha value is -2.25. The Bertz CT molecular complexity index is 897. The molecule has 24 heavy (non-hydrogen) atoms. The fourth-order valence-corrected chi connectivity index (χ4v) is 2.84. The molecule has 0 unspecified atom stereocenters. The molecule has 2 aromatic heterocycles. The Labute approximate surface area is 147 Å². The molecule has 124 valence electrons. The van der Waals surface area contributed by atoms with Crippen LogP contribution < -0.4 is 10.1 Å². The Kier molecular flexibility index (Phi) is 4.92. The lowest BCUT2D eigenvalue weighted by atomic mass is 10.3. The minimum atomic E-state index is -0.184. The van der Waals surface area contributed by atoms with Crippen molar-refractivity contribution in [3.05, 3.63) is 41.0 Å². The highest BCUT2D eigenvalue weighted by Gasteiger charge is 2.11. The number of pyridine rings is 1. The zero-order valence-corrected chi connectivity index (χ0v) is 14.6. The van der Waals surface area contributed by atoms with Crippen molar-refractivity contribution in [3.63, 3.8) is 0 Å². The molecule has 6 nitrogen and oxygen atoms in total. The number of rotatable bonds is 5. The van der Waals surface area contributed by atoms with E-state index in [1.165, 1.54) is 18.9 Å². The van der Waals surface area contributed by atoms with Crippen molar-refractivity contribution < 1.29 is 13.9 Å². The topological polar surface area (TPSA) is 77.2 Å². The zero-order chi connectivity index (χ0) is 17.1. The maximum Gasteiger partial charge on any atom is 0.258 e. The number of methoxy groups -OCH3 is 1. The van der Waals surface area contributed by atoms with Crippen molar-refractivity contribution in [2.75, 3.05) is 18.2 Å². The van der Waals surface area contributed by atoms with Gasteiger partial charge in [0.05, 0.1) is 17.9 Å². The molecular weight excluding hydrogens is 350 g/mol. The zero-order valence-electron chi connectivity index (χ0n) is 13.0. The predicted molar refractivity (Wildman–Crippen MR) is 93.9 cm³/mol. The normalized spacial score (nSPS) is 10.8. The quantitative estimate of drug-likeness (QED) is 0.692. The first kappa shape index (κ1) is 16.6. The largest absolute Gasteiger partial charge is 0.495 e. The van der Waals surface area contributed by atoms with Crippen molar-refractivity contribution >= 4 is 46.2 Å². The summed E-state index contributed by atoms with van der Waals surface area (Å²) in [5, 5.41) is 3.67. The molecule has 0 fully saturated rings. The van der Waals surface area contributed by atoms with Gasteiger partial charge in [0.2, 0.25) is 5.91 Å². The van der Waals surface area contributed by atoms with Gasteiger partial charge in [-0.3, -0.25) is 4.79 Å². The summed E-state index contributed by atoms with van der Waals surface area (Å²) >= 11 is 7.16. The first-order valence-electron chi connectivity index (χ1n) is 7.05. The van der Waals surface area contributed by atoms with E-state index in [1.54, 1.807) is 18.2 Å². The molecule has 0 atom stereocenters. The van der Waals surface area contributed by atoms with E-state index in [9.17, 15) is 4.79 Å². The van der Waals surface area contributed by atoms with Gasteiger partial charge in [0.15, 0.2) is 11.2 Å². The van der Waals surface area contributed by atoms with Crippen molar-refractivity contribution in [3.8, 4) is 5.75 Å². The Morgan fingerprint density at radius 1 is 1.33 bits per heavy atom. The van der Waals surface area contributed by atoms with Crippen LogP contribution in [-0.4, -0.2) is 28.7 Å². The summed E-state index contributed by atoms with van der Waals surface area (Å²) < 4.78 is 10.7. The average Bonchev–Trinajstić information content (AvgIpc) is 2.96. The molecular formula is C16H14ClN3O3S. The smallest absolute Gasteiger partial charge is 0.258 e. The molecule has 0 saturated heterocycles. The molecule has 1 N–H and O–H groups in total. The third kappa shape index (κ3) is 3.80. The van der Waals surface area contributed by atoms with E-state index in [4.69, 9.17) is 20.8 Å². The number of hydrogen-bond acceptors (Lipinski definition) is 6. The second-order valence-electron chi connectivity index (χ2n) is 4.94. The number of carbonyl (C=O) groups excluding carboxylic acids is 1. The lowest BCUT2D eigenvalue weighted by Gasteiger charge is -2.07. The van der Waals surface area contributed by atoms with Crippen molar-refractivity contribution in [2.24, 2.45) is 0 Å². The van der Waals surface area contributed by atoms with Crippen LogP contribution in [0.4, 0.5) is 5.69 Å². The van der Waals surface area contributed by atoms with Gasteiger partial charge in [-0.2, -0.15) is 4.98 Å². The van der Waals surface area contributed by atoms with Gasteiger partial charge in [-0.15, -0.1) is 0 Å². The highest BCUT2D eigenvalue weighted by molar-refractivity contribution is 7.99. The first-order valence-corrected chi connectivity index (χ1v) is 8.42. The number of ether oxygens (including phenoxy) is 1. The second kappa shape index (κ2) is 7.11. The van der Waals surface area contributed by atoms with Gasteiger partial charge in [0.1, 0.15) is 5.75 Å². The molecule has 0 saturated carbocycles. The highest BCUT2D eigenvalue weighted by Crippen LogP contribution is 2.28. The maximum atomic E-state index is 12.0. The number of carbonyl (C=O) groups is 1. The number of oxazole rings is 1. The molecule has 0 spiro atoms. The van der Waals surface area contributed by atoms with Gasteiger partial charge in [0, 0.05) is 17.4 Å². The summed E-state index contributed by atoms with van der Waals surface area (Å²) in [5.74, 6) is 0.481. The molecule has 3 rings (SSSR count). The summed E-state index contributed by atoms with van der Waals surface area (Å²) in [4.78, 5) is 20.6.